The maximum atomic E-state index is 14.1. The van der Waals surface area contributed by atoms with Crippen molar-refractivity contribution in [2.75, 3.05) is 50.0 Å². The number of carbonyl (C=O) groups is 2. The minimum atomic E-state index is -0.804. The van der Waals surface area contributed by atoms with E-state index in [4.69, 9.17) is 29.5 Å². The summed E-state index contributed by atoms with van der Waals surface area (Å²) in [5.41, 5.74) is 9.80. The number of β-amino-alcohol motifs (C(OH)–C–C–N with tert-alkyl or cyclic N) is 1. The number of hydrogen-bond acceptors (Lipinski definition) is 16. The maximum absolute atomic E-state index is 14.1. The number of amides is 2. The third kappa shape index (κ3) is 10.3. The molecule has 1 aromatic carbocycles. The van der Waals surface area contributed by atoms with Crippen LogP contribution in [-0.2, 0) is 28.0 Å². The largest absolute Gasteiger partial charge is 0.476 e. The molecule has 17 nitrogen and oxygen atoms in total. The van der Waals surface area contributed by atoms with E-state index in [0.29, 0.717) is 64.6 Å². The number of rotatable bonds is 16. The van der Waals surface area contributed by atoms with Gasteiger partial charge in [0.2, 0.25) is 29.5 Å². The summed E-state index contributed by atoms with van der Waals surface area (Å²) in [7, 11) is 0. The Morgan fingerprint density at radius 1 is 1.07 bits per heavy atom. The summed E-state index contributed by atoms with van der Waals surface area (Å²) >= 11 is 1.48. The molecule has 1 aliphatic carbocycles. The third-order valence-corrected chi connectivity index (χ3v) is 14.6. The molecule has 8 rings (SSSR count). The van der Waals surface area contributed by atoms with Crippen molar-refractivity contribution >= 4 is 34.1 Å². The lowest BCUT2D eigenvalue weighted by atomic mass is 9.72. The van der Waals surface area contributed by atoms with Crippen molar-refractivity contribution in [1.82, 2.24) is 40.4 Å². The number of hydrogen-bond donors (Lipinski definition) is 3. The Morgan fingerprint density at radius 3 is 2.64 bits per heavy atom. The number of nitrogens with two attached hydrogens (primary N) is 1. The Labute approximate surface area is 396 Å². The van der Waals surface area contributed by atoms with Gasteiger partial charge in [-0.25, -0.2) is 9.97 Å². The van der Waals surface area contributed by atoms with Crippen molar-refractivity contribution in [3.05, 3.63) is 81.4 Å². The van der Waals surface area contributed by atoms with Crippen LogP contribution < -0.4 is 20.7 Å². The summed E-state index contributed by atoms with van der Waals surface area (Å²) < 4.78 is 17.6. The van der Waals surface area contributed by atoms with Crippen LogP contribution in [0.1, 0.15) is 131 Å². The second kappa shape index (κ2) is 20.5. The molecule has 2 saturated heterocycles. The number of aromatic nitrogens is 5. The molecule has 3 aliphatic rings. The van der Waals surface area contributed by atoms with Crippen LogP contribution in [0.25, 0.3) is 11.5 Å². The number of aryl methyl sites for hydroxylation is 1. The molecule has 6 heterocycles. The number of unbranched alkanes of at least 4 members (excludes halogenated alkanes) is 1. The summed E-state index contributed by atoms with van der Waals surface area (Å²) in [5.74, 6) is 1.09. The SMILES string of the molecule is CC(C)c1ccc(CNC(=O)[C@@H]2C[C@@H](O)CN2C(=O)C(c2cc(OCCCCN3CCCN(c4nccc(-c5noc([C@@]6(C)CCCc7sc(N)c(C#N)c76)n5)n4)[C@@H](C)C3)no2)C(C)C)cc1. The second-order valence-corrected chi connectivity index (χ2v) is 20.3. The number of carbonyl (C=O) groups excluding carboxylic acids is 2. The van der Waals surface area contributed by atoms with Crippen molar-refractivity contribution in [2.45, 2.75) is 128 Å². The summed E-state index contributed by atoms with van der Waals surface area (Å²) in [6.45, 7) is 16.7. The third-order valence-electron chi connectivity index (χ3n) is 13.5. The number of nitrogen functional groups attached to an aromatic ring is 1. The quantitative estimate of drug-likeness (QED) is 0.0890. The first-order valence-corrected chi connectivity index (χ1v) is 24.5. The van der Waals surface area contributed by atoms with Gasteiger partial charge < -0.3 is 44.6 Å². The number of likely N-dealkylation sites (tertiary alicyclic amines) is 1. The van der Waals surface area contributed by atoms with E-state index in [2.05, 4.69) is 76.3 Å². The highest BCUT2D eigenvalue weighted by Crippen LogP contribution is 2.48. The van der Waals surface area contributed by atoms with Crippen LogP contribution in [0.3, 0.4) is 0 Å². The highest BCUT2D eigenvalue weighted by atomic mass is 32.1. The molecule has 2 fully saturated rings. The van der Waals surface area contributed by atoms with Gasteiger partial charge in [0, 0.05) is 61.3 Å². The minimum absolute atomic E-state index is 0.0680. The molecule has 5 atom stereocenters. The average Bonchev–Trinajstić information content (AvgIpc) is 4.12. The van der Waals surface area contributed by atoms with Crippen molar-refractivity contribution in [3.63, 3.8) is 0 Å². The molecule has 0 bridgehead atoms. The molecule has 2 amide bonds. The van der Waals surface area contributed by atoms with E-state index in [0.717, 1.165) is 80.7 Å². The van der Waals surface area contributed by atoms with Crippen LogP contribution in [0.2, 0.25) is 0 Å². The lowest BCUT2D eigenvalue weighted by molar-refractivity contribution is -0.141. The fourth-order valence-electron chi connectivity index (χ4n) is 9.87. The minimum Gasteiger partial charge on any atom is -0.476 e. The predicted molar refractivity (Wildman–Crippen MR) is 253 cm³/mol. The Balaban J connectivity index is 0.810. The first-order chi connectivity index (χ1) is 32.2. The maximum Gasteiger partial charge on any atom is 0.254 e. The zero-order chi connectivity index (χ0) is 47.4. The number of aliphatic hydroxyl groups is 1. The summed E-state index contributed by atoms with van der Waals surface area (Å²) in [6, 6.07) is 13.2. The lowest BCUT2D eigenvalue weighted by Gasteiger charge is -2.30. The molecule has 1 unspecified atom stereocenters. The second-order valence-electron chi connectivity index (χ2n) is 19.2. The molecular weight excluding hydrogens is 871 g/mol. The van der Waals surface area contributed by atoms with Gasteiger partial charge in [0.05, 0.1) is 23.7 Å². The average molecular weight is 934 g/mol. The summed E-state index contributed by atoms with van der Waals surface area (Å²) in [5, 5.41) is 32.5. The topological polar surface area (TPSA) is 226 Å². The molecular formula is C49H63N11O6S. The smallest absolute Gasteiger partial charge is 0.254 e. The Hall–Kier alpha value is -5.90. The van der Waals surface area contributed by atoms with Gasteiger partial charge in [-0.3, -0.25) is 9.59 Å². The monoisotopic (exact) mass is 933 g/mol. The zero-order valence-electron chi connectivity index (χ0n) is 39.4. The van der Waals surface area contributed by atoms with Crippen LogP contribution in [-0.4, -0.2) is 110 Å². The van der Waals surface area contributed by atoms with Gasteiger partial charge in [0.15, 0.2) is 5.76 Å². The van der Waals surface area contributed by atoms with E-state index in [1.165, 1.54) is 21.8 Å². The number of aliphatic hydroxyl groups excluding tert-OH is 1. The lowest BCUT2D eigenvalue weighted by Crippen LogP contribution is -2.48. The highest BCUT2D eigenvalue weighted by molar-refractivity contribution is 7.16. The van der Waals surface area contributed by atoms with Crippen molar-refractivity contribution in [2.24, 2.45) is 5.92 Å². The number of anilines is 2. The number of ether oxygens (including phenoxy) is 1. The van der Waals surface area contributed by atoms with Crippen LogP contribution in [0.5, 0.6) is 5.88 Å². The Bertz CT molecular complexity index is 2550. The van der Waals surface area contributed by atoms with E-state index < -0.39 is 23.5 Å². The number of nitrogens with one attached hydrogen (secondary N) is 1. The summed E-state index contributed by atoms with van der Waals surface area (Å²) in [6.07, 6.45) is 6.33. The van der Waals surface area contributed by atoms with Crippen LogP contribution in [0, 0.1) is 17.2 Å². The van der Waals surface area contributed by atoms with Crippen LogP contribution in [0.4, 0.5) is 10.9 Å². The van der Waals surface area contributed by atoms with Gasteiger partial charge >= 0.3 is 0 Å². The van der Waals surface area contributed by atoms with E-state index >= 15 is 0 Å². The predicted octanol–water partition coefficient (Wildman–Crippen LogP) is 6.57. The van der Waals surface area contributed by atoms with Crippen LogP contribution in [0.15, 0.2) is 51.6 Å². The first kappa shape index (κ1) is 47.6. The highest BCUT2D eigenvalue weighted by Gasteiger charge is 2.44. The molecule has 0 radical (unpaired) electrons. The number of benzene rings is 1. The standard InChI is InChI=1S/C49H63N11O6S/c1-29(2)33-14-12-32(13-15-33)26-53-45(62)37-23-34(61)28-60(37)46(63)41(30(3)4)38-24-40(56-65-38)64-22-8-7-19-58-20-10-21-59(31(5)27-58)48-52-18-16-36(54-48)44-55-47(66-57-44)49(6)17-9-11-39-42(49)35(25-50)43(51)67-39/h12-16,18,24,29-31,34,37,41,61H,7-11,17,19-23,26-28,51H2,1-6H3,(H,53,62)/t31-,34+,37-,41?,49-/m0/s1. The molecule has 2 aliphatic heterocycles. The van der Waals surface area contributed by atoms with E-state index in [-0.39, 0.29) is 36.7 Å². The molecule has 0 spiro atoms. The molecule has 356 valence electrons. The Morgan fingerprint density at radius 2 is 1.88 bits per heavy atom. The molecule has 5 aromatic rings. The van der Waals surface area contributed by atoms with Gasteiger partial charge in [-0.2, -0.15) is 10.2 Å². The molecule has 4 N–H and O–H groups in total. The van der Waals surface area contributed by atoms with Crippen molar-refractivity contribution < 1.29 is 28.5 Å². The van der Waals surface area contributed by atoms with Crippen molar-refractivity contribution in [3.8, 4) is 23.5 Å². The van der Waals surface area contributed by atoms with Gasteiger partial charge in [-0.05, 0) is 99.6 Å². The molecule has 67 heavy (non-hydrogen) atoms. The van der Waals surface area contributed by atoms with Crippen molar-refractivity contribution in [1.29, 1.82) is 5.26 Å². The molecule has 0 saturated carbocycles. The number of thiophene rings is 1. The fraction of sp³-hybridized carbons (Fsp3) is 0.551. The molecule has 18 heteroatoms. The summed E-state index contributed by atoms with van der Waals surface area (Å²) in [4.78, 5) is 49.2. The Kier molecular flexibility index (Phi) is 14.6. The van der Waals surface area contributed by atoms with Gasteiger partial charge in [-0.1, -0.05) is 57.1 Å². The molecule has 4 aromatic heterocycles. The first-order valence-electron chi connectivity index (χ1n) is 23.7. The van der Waals surface area contributed by atoms with Gasteiger partial charge in [-0.15, -0.1) is 11.3 Å². The normalized spacial score (nSPS) is 21.6. The zero-order valence-corrected chi connectivity index (χ0v) is 40.2. The number of nitrogens with zero attached hydrogens (tertiary/aromatic N) is 9. The van der Waals surface area contributed by atoms with E-state index in [1.807, 2.05) is 26.0 Å². The van der Waals surface area contributed by atoms with Crippen LogP contribution >= 0.6 is 11.3 Å². The fourth-order valence-corrected chi connectivity index (χ4v) is 11.1. The van der Waals surface area contributed by atoms with E-state index in [1.54, 1.807) is 18.3 Å². The van der Waals surface area contributed by atoms with Gasteiger partial charge in [0.1, 0.15) is 28.7 Å². The van der Waals surface area contributed by atoms with E-state index in [9.17, 15) is 20.0 Å². The number of nitriles is 1. The van der Waals surface area contributed by atoms with Gasteiger partial charge in [0.25, 0.3) is 5.88 Å². The number of fused-ring (bicyclic) bond motifs is 1.